The number of carbonyl (C=O) groups is 1. The van der Waals surface area contributed by atoms with Crippen LogP contribution in [-0.4, -0.2) is 15.7 Å². The van der Waals surface area contributed by atoms with Gasteiger partial charge < -0.3 is 5.32 Å². The Labute approximate surface area is 164 Å². The third-order valence-electron chi connectivity index (χ3n) is 5.24. The molecule has 0 saturated carbocycles. The van der Waals surface area contributed by atoms with Gasteiger partial charge in [-0.3, -0.25) is 9.48 Å². The number of carbonyl (C=O) groups excluding carboxylic acids is 1. The molecule has 3 aromatic rings. The molecule has 1 aliphatic rings. The molecule has 5 heteroatoms. The number of benzene rings is 2. The number of halogens is 1. The maximum Gasteiger partial charge on any atom is 0.259 e. The summed E-state index contributed by atoms with van der Waals surface area (Å²) in [4.78, 5) is 12.9. The zero-order chi connectivity index (χ0) is 19.0. The molecule has 1 heterocycles. The molecule has 0 aliphatic heterocycles. The number of rotatable bonds is 4. The first-order valence-corrected chi connectivity index (χ1v) is 9.61. The van der Waals surface area contributed by atoms with Gasteiger partial charge in [0.05, 0.1) is 17.8 Å². The third kappa shape index (κ3) is 3.50. The van der Waals surface area contributed by atoms with Gasteiger partial charge in [0.1, 0.15) is 0 Å². The van der Waals surface area contributed by atoms with Crippen molar-refractivity contribution in [3.05, 3.63) is 81.1 Å². The Morgan fingerprint density at radius 3 is 2.74 bits per heavy atom. The minimum atomic E-state index is -0.117. The number of aryl methyl sites for hydroxylation is 3. The Morgan fingerprint density at radius 1 is 1.15 bits per heavy atom. The molecule has 1 aromatic heterocycles. The molecule has 4 rings (SSSR count). The van der Waals surface area contributed by atoms with Crippen LogP contribution in [0.15, 0.2) is 42.5 Å². The van der Waals surface area contributed by atoms with Crippen LogP contribution in [0.5, 0.6) is 0 Å². The monoisotopic (exact) mass is 379 g/mol. The average molecular weight is 380 g/mol. The highest BCUT2D eigenvalue weighted by Crippen LogP contribution is 2.26. The molecular weight excluding hydrogens is 358 g/mol. The summed E-state index contributed by atoms with van der Waals surface area (Å²) < 4.78 is 1.84. The van der Waals surface area contributed by atoms with Crippen LogP contribution in [0.25, 0.3) is 0 Å². The van der Waals surface area contributed by atoms with E-state index < -0.39 is 0 Å². The van der Waals surface area contributed by atoms with Gasteiger partial charge in [0.25, 0.3) is 5.91 Å². The standard InChI is InChI=1S/C22H22ClN3O/c1-14-21(15(2)26(25-14)13-18-6-3-4-9-20(18)23)22(27)24-19-11-10-16-7-5-8-17(16)12-19/h3-4,6,9-12H,5,7-8,13H2,1-2H3,(H,24,27). The first kappa shape index (κ1) is 17.8. The Bertz CT molecular complexity index is 1020. The summed E-state index contributed by atoms with van der Waals surface area (Å²) in [6, 6.07) is 13.9. The molecular formula is C22H22ClN3O. The molecule has 0 unspecified atom stereocenters. The number of amides is 1. The van der Waals surface area contributed by atoms with E-state index in [1.54, 1.807) is 0 Å². The molecule has 27 heavy (non-hydrogen) atoms. The molecule has 4 nitrogen and oxygen atoms in total. The zero-order valence-electron chi connectivity index (χ0n) is 15.6. The molecule has 2 aromatic carbocycles. The number of hydrogen-bond donors (Lipinski definition) is 1. The average Bonchev–Trinajstić information content (AvgIpc) is 3.21. The van der Waals surface area contributed by atoms with Crippen molar-refractivity contribution in [2.24, 2.45) is 0 Å². The van der Waals surface area contributed by atoms with E-state index in [-0.39, 0.29) is 5.91 Å². The zero-order valence-corrected chi connectivity index (χ0v) is 16.3. The highest BCUT2D eigenvalue weighted by atomic mass is 35.5. The summed E-state index contributed by atoms with van der Waals surface area (Å²) >= 11 is 6.27. The van der Waals surface area contributed by atoms with E-state index in [0.717, 1.165) is 35.5 Å². The van der Waals surface area contributed by atoms with Crippen LogP contribution in [0, 0.1) is 13.8 Å². The topological polar surface area (TPSA) is 46.9 Å². The van der Waals surface area contributed by atoms with Gasteiger partial charge in [-0.1, -0.05) is 35.9 Å². The molecule has 0 radical (unpaired) electrons. The SMILES string of the molecule is Cc1nn(Cc2ccccc2Cl)c(C)c1C(=O)Nc1ccc2c(c1)CCC2. The second-order valence-corrected chi connectivity index (χ2v) is 7.49. The van der Waals surface area contributed by atoms with Crippen molar-refractivity contribution < 1.29 is 4.79 Å². The number of fused-ring (bicyclic) bond motifs is 1. The number of aromatic nitrogens is 2. The maximum absolute atomic E-state index is 12.9. The predicted molar refractivity (Wildman–Crippen MR) is 109 cm³/mol. The Morgan fingerprint density at radius 2 is 1.93 bits per heavy atom. The van der Waals surface area contributed by atoms with Gasteiger partial charge in [-0.25, -0.2) is 0 Å². The van der Waals surface area contributed by atoms with Crippen LogP contribution in [0.3, 0.4) is 0 Å². The van der Waals surface area contributed by atoms with Crippen LogP contribution < -0.4 is 5.32 Å². The lowest BCUT2D eigenvalue weighted by molar-refractivity contribution is 0.102. The fourth-order valence-electron chi connectivity index (χ4n) is 3.81. The minimum absolute atomic E-state index is 0.117. The Balaban J connectivity index is 1.57. The quantitative estimate of drug-likeness (QED) is 0.697. The normalized spacial score (nSPS) is 12.9. The number of nitrogens with zero attached hydrogens (tertiary/aromatic N) is 2. The van der Waals surface area contributed by atoms with Gasteiger partial charge in [-0.15, -0.1) is 0 Å². The number of hydrogen-bond acceptors (Lipinski definition) is 2. The van der Waals surface area contributed by atoms with Crippen molar-refractivity contribution in [3.8, 4) is 0 Å². The minimum Gasteiger partial charge on any atom is -0.322 e. The molecule has 0 atom stereocenters. The van der Waals surface area contributed by atoms with Crippen LogP contribution in [0.2, 0.25) is 5.02 Å². The lowest BCUT2D eigenvalue weighted by atomic mass is 10.1. The summed E-state index contributed by atoms with van der Waals surface area (Å²) in [5.74, 6) is -0.117. The van der Waals surface area contributed by atoms with Crippen molar-refractivity contribution in [3.63, 3.8) is 0 Å². The van der Waals surface area contributed by atoms with Gasteiger partial charge in [-0.2, -0.15) is 5.10 Å². The molecule has 0 fully saturated rings. The van der Waals surface area contributed by atoms with Gasteiger partial charge in [-0.05, 0) is 68.0 Å². The lowest BCUT2D eigenvalue weighted by Gasteiger charge is -2.09. The van der Waals surface area contributed by atoms with E-state index >= 15 is 0 Å². The molecule has 1 amide bonds. The predicted octanol–water partition coefficient (Wildman–Crippen LogP) is 4.94. The molecule has 0 saturated heterocycles. The summed E-state index contributed by atoms with van der Waals surface area (Å²) in [6.07, 6.45) is 3.42. The lowest BCUT2D eigenvalue weighted by Crippen LogP contribution is -2.14. The summed E-state index contributed by atoms with van der Waals surface area (Å²) in [6.45, 7) is 4.33. The number of anilines is 1. The van der Waals surface area contributed by atoms with Crippen molar-refractivity contribution >= 4 is 23.2 Å². The van der Waals surface area contributed by atoms with E-state index in [1.807, 2.05) is 48.9 Å². The molecule has 0 spiro atoms. The van der Waals surface area contributed by atoms with E-state index in [2.05, 4.69) is 22.5 Å². The highest BCUT2D eigenvalue weighted by molar-refractivity contribution is 6.31. The van der Waals surface area contributed by atoms with Crippen molar-refractivity contribution in [2.75, 3.05) is 5.32 Å². The smallest absolute Gasteiger partial charge is 0.259 e. The fourth-order valence-corrected chi connectivity index (χ4v) is 4.01. The van der Waals surface area contributed by atoms with E-state index in [9.17, 15) is 4.79 Å². The van der Waals surface area contributed by atoms with Crippen molar-refractivity contribution in [1.82, 2.24) is 9.78 Å². The third-order valence-corrected chi connectivity index (χ3v) is 5.61. The van der Waals surface area contributed by atoms with Gasteiger partial charge in [0, 0.05) is 16.4 Å². The fraction of sp³-hybridized carbons (Fsp3) is 0.273. The molecule has 1 aliphatic carbocycles. The molecule has 138 valence electrons. The largest absolute Gasteiger partial charge is 0.322 e. The van der Waals surface area contributed by atoms with Crippen molar-refractivity contribution in [1.29, 1.82) is 0 Å². The van der Waals surface area contributed by atoms with Crippen molar-refractivity contribution in [2.45, 2.75) is 39.7 Å². The van der Waals surface area contributed by atoms with Crippen LogP contribution in [0.1, 0.15) is 44.9 Å². The second kappa shape index (κ2) is 7.20. The molecule has 0 bridgehead atoms. The van der Waals surface area contributed by atoms with E-state index in [0.29, 0.717) is 17.1 Å². The van der Waals surface area contributed by atoms with E-state index in [1.165, 1.54) is 17.5 Å². The van der Waals surface area contributed by atoms with Crippen LogP contribution >= 0.6 is 11.6 Å². The number of nitrogens with one attached hydrogen (secondary N) is 1. The van der Waals surface area contributed by atoms with Gasteiger partial charge in [0.15, 0.2) is 0 Å². The Hall–Kier alpha value is -2.59. The first-order chi connectivity index (χ1) is 13.0. The van der Waals surface area contributed by atoms with Crippen LogP contribution in [-0.2, 0) is 19.4 Å². The summed E-state index contributed by atoms with van der Waals surface area (Å²) in [5, 5.41) is 8.31. The van der Waals surface area contributed by atoms with Gasteiger partial charge in [0.2, 0.25) is 0 Å². The second-order valence-electron chi connectivity index (χ2n) is 7.09. The summed E-state index contributed by atoms with van der Waals surface area (Å²) in [5.41, 5.74) is 6.75. The maximum atomic E-state index is 12.9. The Kier molecular flexibility index (Phi) is 4.75. The summed E-state index contributed by atoms with van der Waals surface area (Å²) in [7, 11) is 0. The van der Waals surface area contributed by atoms with E-state index in [4.69, 9.17) is 11.6 Å². The first-order valence-electron chi connectivity index (χ1n) is 9.23. The van der Waals surface area contributed by atoms with Gasteiger partial charge >= 0.3 is 0 Å². The molecule has 1 N–H and O–H groups in total. The highest BCUT2D eigenvalue weighted by Gasteiger charge is 2.20. The van der Waals surface area contributed by atoms with Crippen LogP contribution in [0.4, 0.5) is 5.69 Å².